The summed E-state index contributed by atoms with van der Waals surface area (Å²) in [5, 5.41) is 10.9. The Morgan fingerprint density at radius 1 is 1.00 bits per heavy atom. The molecule has 0 fully saturated rings. The number of nitrogens with zero attached hydrogens (tertiary/aromatic N) is 3. The van der Waals surface area contributed by atoms with Crippen LogP contribution in [0.2, 0.25) is 0 Å². The number of furan rings is 1. The average molecular weight is 488 g/mol. The van der Waals surface area contributed by atoms with Crippen LogP contribution in [-0.4, -0.2) is 42.0 Å². The highest BCUT2D eigenvalue weighted by atomic mass is 16.5. The molecule has 1 aliphatic heterocycles. The molecule has 0 spiro atoms. The fourth-order valence-electron chi connectivity index (χ4n) is 4.23. The normalized spacial score (nSPS) is 14.6. The van der Waals surface area contributed by atoms with Crippen molar-refractivity contribution in [3.63, 3.8) is 0 Å². The number of hydrogen-bond acceptors (Lipinski definition) is 8. The van der Waals surface area contributed by atoms with Gasteiger partial charge in [-0.3, -0.25) is 4.79 Å². The predicted octanol–water partition coefficient (Wildman–Crippen LogP) is 4.49. The Hall–Kier alpha value is -4.73. The van der Waals surface area contributed by atoms with Gasteiger partial charge in [-0.2, -0.15) is 4.98 Å². The number of fused-ring (bicyclic) bond motifs is 1. The second kappa shape index (κ2) is 9.49. The number of amides is 1. The molecule has 2 aromatic carbocycles. The van der Waals surface area contributed by atoms with Crippen molar-refractivity contribution >= 4 is 17.5 Å². The zero-order chi connectivity index (χ0) is 25.2. The number of carbonyl (C=O) groups is 1. The van der Waals surface area contributed by atoms with Crippen LogP contribution in [-0.2, 0) is 4.79 Å². The molecule has 5 rings (SSSR count). The number of ether oxygens (including phenoxy) is 3. The standard InChI is InChI=1S/C26H25N5O5/c1-15-22(25(32)28-16-9-6-5-7-10-16)23(17-13-20(34-3)21(35-4)14-19(17)33-2)31-26(27-15)29-24(30-31)18-11-8-12-36-18/h5-14,23H,1-4H3,(H,28,32)(H,27,29,30). The van der Waals surface area contributed by atoms with Crippen molar-refractivity contribution in [2.75, 3.05) is 32.0 Å². The van der Waals surface area contributed by atoms with Gasteiger partial charge in [0.25, 0.3) is 5.91 Å². The molecule has 1 aliphatic rings. The van der Waals surface area contributed by atoms with Crippen LogP contribution in [0.5, 0.6) is 17.2 Å². The monoisotopic (exact) mass is 487 g/mol. The van der Waals surface area contributed by atoms with Crippen LogP contribution >= 0.6 is 0 Å². The number of rotatable bonds is 7. The van der Waals surface area contributed by atoms with Gasteiger partial charge in [0.15, 0.2) is 17.3 Å². The second-order valence-electron chi connectivity index (χ2n) is 8.02. The van der Waals surface area contributed by atoms with E-state index in [1.54, 1.807) is 56.5 Å². The van der Waals surface area contributed by atoms with Gasteiger partial charge in [-0.25, -0.2) is 4.68 Å². The topological polar surface area (TPSA) is 113 Å². The van der Waals surface area contributed by atoms with Crippen LogP contribution in [0.4, 0.5) is 11.6 Å². The van der Waals surface area contributed by atoms with E-state index in [1.165, 1.54) is 0 Å². The van der Waals surface area contributed by atoms with Gasteiger partial charge in [-0.05, 0) is 37.3 Å². The number of allylic oxidation sites excluding steroid dienone is 1. The first kappa shape index (κ1) is 23.0. The maximum absolute atomic E-state index is 13.7. The van der Waals surface area contributed by atoms with Gasteiger partial charge in [0.05, 0.1) is 33.2 Å². The Morgan fingerprint density at radius 2 is 1.72 bits per heavy atom. The van der Waals surface area contributed by atoms with Gasteiger partial charge in [0, 0.05) is 23.0 Å². The van der Waals surface area contributed by atoms with E-state index in [0.717, 1.165) is 0 Å². The number of aromatic nitrogens is 3. The van der Waals surface area contributed by atoms with Crippen LogP contribution in [0.1, 0.15) is 18.5 Å². The van der Waals surface area contributed by atoms with Gasteiger partial charge >= 0.3 is 0 Å². The molecule has 2 N–H and O–H groups in total. The average Bonchev–Trinajstić information content (AvgIpc) is 3.57. The number of hydrogen-bond donors (Lipinski definition) is 2. The van der Waals surface area contributed by atoms with E-state index in [-0.39, 0.29) is 5.91 Å². The fourth-order valence-corrected chi connectivity index (χ4v) is 4.23. The molecule has 1 unspecified atom stereocenters. The summed E-state index contributed by atoms with van der Waals surface area (Å²) < 4.78 is 23.9. The lowest BCUT2D eigenvalue weighted by molar-refractivity contribution is -0.113. The number of carbonyl (C=O) groups excluding carboxylic acids is 1. The van der Waals surface area contributed by atoms with Crippen molar-refractivity contribution in [2.24, 2.45) is 0 Å². The van der Waals surface area contributed by atoms with E-state index >= 15 is 0 Å². The summed E-state index contributed by atoms with van der Waals surface area (Å²) in [4.78, 5) is 18.3. The SMILES string of the molecule is COc1cc(OC)c(C2C(C(=O)Nc3ccccc3)=C(C)Nc3nc(-c4ccco4)nn32)cc1OC. The molecule has 4 aromatic rings. The molecule has 0 saturated heterocycles. The molecule has 1 atom stereocenters. The molecule has 0 radical (unpaired) electrons. The smallest absolute Gasteiger partial charge is 0.255 e. The number of benzene rings is 2. The summed E-state index contributed by atoms with van der Waals surface area (Å²) in [6.45, 7) is 1.82. The van der Waals surface area contributed by atoms with Gasteiger partial charge in [0.1, 0.15) is 11.8 Å². The lowest BCUT2D eigenvalue weighted by atomic mass is 9.93. The molecule has 10 heteroatoms. The third kappa shape index (κ3) is 4.02. The quantitative estimate of drug-likeness (QED) is 0.392. The van der Waals surface area contributed by atoms with E-state index in [2.05, 4.69) is 15.6 Å². The Morgan fingerprint density at radius 3 is 2.39 bits per heavy atom. The maximum atomic E-state index is 13.7. The molecule has 1 amide bonds. The number of para-hydroxylation sites is 1. The third-order valence-corrected chi connectivity index (χ3v) is 5.90. The van der Waals surface area contributed by atoms with E-state index in [1.807, 2.05) is 37.3 Å². The summed E-state index contributed by atoms with van der Waals surface area (Å²) in [5.41, 5.74) is 2.37. The third-order valence-electron chi connectivity index (χ3n) is 5.90. The van der Waals surface area contributed by atoms with Crippen molar-refractivity contribution in [1.82, 2.24) is 14.8 Å². The lowest BCUT2D eigenvalue weighted by Crippen LogP contribution is -2.31. The lowest BCUT2D eigenvalue weighted by Gasteiger charge is -2.30. The van der Waals surface area contributed by atoms with E-state index < -0.39 is 6.04 Å². The van der Waals surface area contributed by atoms with Crippen LogP contribution in [0, 0.1) is 0 Å². The largest absolute Gasteiger partial charge is 0.496 e. The maximum Gasteiger partial charge on any atom is 0.255 e. The minimum Gasteiger partial charge on any atom is -0.496 e. The highest BCUT2D eigenvalue weighted by Crippen LogP contribution is 2.44. The van der Waals surface area contributed by atoms with Crippen LogP contribution in [0.25, 0.3) is 11.6 Å². The molecule has 36 heavy (non-hydrogen) atoms. The van der Waals surface area contributed by atoms with Crippen molar-refractivity contribution < 1.29 is 23.4 Å². The summed E-state index contributed by atoms with van der Waals surface area (Å²) in [5.74, 6) is 2.52. The second-order valence-corrected chi connectivity index (χ2v) is 8.02. The van der Waals surface area contributed by atoms with Crippen molar-refractivity contribution in [2.45, 2.75) is 13.0 Å². The predicted molar refractivity (Wildman–Crippen MR) is 133 cm³/mol. The van der Waals surface area contributed by atoms with Crippen LogP contribution in [0.3, 0.4) is 0 Å². The highest BCUT2D eigenvalue weighted by molar-refractivity contribution is 6.06. The molecule has 10 nitrogen and oxygen atoms in total. The molecule has 0 aliphatic carbocycles. The minimum absolute atomic E-state index is 0.297. The first-order chi connectivity index (χ1) is 17.5. The summed E-state index contributed by atoms with van der Waals surface area (Å²) in [6, 6.07) is 15.6. The van der Waals surface area contributed by atoms with Gasteiger partial charge < -0.3 is 29.3 Å². The van der Waals surface area contributed by atoms with Crippen molar-refractivity contribution in [1.29, 1.82) is 0 Å². The van der Waals surface area contributed by atoms with E-state index in [0.29, 0.717) is 57.3 Å². The zero-order valence-corrected chi connectivity index (χ0v) is 20.2. The van der Waals surface area contributed by atoms with Gasteiger partial charge in [0.2, 0.25) is 11.8 Å². The van der Waals surface area contributed by atoms with E-state index in [9.17, 15) is 4.79 Å². The molecule has 184 valence electrons. The zero-order valence-electron chi connectivity index (χ0n) is 20.2. The van der Waals surface area contributed by atoms with Crippen LogP contribution in [0.15, 0.2) is 76.5 Å². The van der Waals surface area contributed by atoms with Gasteiger partial charge in [-0.15, -0.1) is 5.10 Å². The Balaban J connectivity index is 1.69. The Bertz CT molecular complexity index is 1430. The Labute approximate surface area is 207 Å². The van der Waals surface area contributed by atoms with E-state index in [4.69, 9.17) is 23.7 Å². The molecular formula is C26H25N5O5. The minimum atomic E-state index is -0.698. The molecule has 0 saturated carbocycles. The number of anilines is 2. The first-order valence-corrected chi connectivity index (χ1v) is 11.2. The molecule has 2 aromatic heterocycles. The number of nitrogens with one attached hydrogen (secondary N) is 2. The fraction of sp³-hybridized carbons (Fsp3) is 0.192. The van der Waals surface area contributed by atoms with Crippen molar-refractivity contribution in [3.05, 3.63) is 77.7 Å². The van der Waals surface area contributed by atoms with Gasteiger partial charge in [-0.1, -0.05) is 18.2 Å². The summed E-state index contributed by atoms with van der Waals surface area (Å²) in [7, 11) is 4.66. The van der Waals surface area contributed by atoms with Crippen molar-refractivity contribution in [3.8, 4) is 28.8 Å². The highest BCUT2D eigenvalue weighted by Gasteiger charge is 2.37. The first-order valence-electron chi connectivity index (χ1n) is 11.2. The summed E-state index contributed by atoms with van der Waals surface area (Å²) in [6.07, 6.45) is 1.56. The molecular weight excluding hydrogens is 462 g/mol. The van der Waals surface area contributed by atoms with Crippen LogP contribution < -0.4 is 24.8 Å². The molecule has 0 bridgehead atoms. The summed E-state index contributed by atoms with van der Waals surface area (Å²) >= 11 is 0. The Kier molecular flexibility index (Phi) is 6.07. The molecule has 3 heterocycles. The number of methoxy groups -OCH3 is 3.